The van der Waals surface area contributed by atoms with Gasteiger partial charge < -0.3 is 8.98 Å². The molecule has 3 nitrogen and oxygen atoms in total. The lowest BCUT2D eigenvalue weighted by Crippen LogP contribution is -2.08. The number of nitrogens with zero attached hydrogens (tertiary/aromatic N) is 1. The largest absolute Gasteiger partial charge is 0.461 e. The fourth-order valence-corrected chi connectivity index (χ4v) is 4.39. The van der Waals surface area contributed by atoms with E-state index in [1.165, 1.54) is 11.3 Å². The van der Waals surface area contributed by atoms with E-state index in [2.05, 4.69) is 4.98 Å². The highest BCUT2D eigenvalue weighted by Crippen LogP contribution is 2.46. The predicted molar refractivity (Wildman–Crippen MR) is 68.1 cm³/mol. The van der Waals surface area contributed by atoms with E-state index in [1.807, 2.05) is 25.3 Å². The average molecular weight is 255 g/mol. The molecule has 0 aromatic carbocycles. The standard InChI is InChI=1S/C11H14NO2PS/c1-3-15(13,4-2)9-5-7-14-10(9)11-12-6-8-16-11/h5-8H,3-4H2,1-2H3. The van der Waals surface area contributed by atoms with E-state index in [1.54, 1.807) is 12.5 Å². The Bertz CT molecular complexity index is 496. The molecule has 0 saturated carbocycles. The van der Waals surface area contributed by atoms with Crippen LogP contribution in [0.5, 0.6) is 0 Å². The highest BCUT2D eigenvalue weighted by molar-refractivity contribution is 7.71. The van der Waals surface area contributed by atoms with E-state index in [4.69, 9.17) is 4.42 Å². The van der Waals surface area contributed by atoms with Crippen molar-refractivity contribution in [1.82, 2.24) is 4.98 Å². The van der Waals surface area contributed by atoms with Gasteiger partial charge in [0.05, 0.1) is 11.6 Å². The molecular formula is C11H14NO2PS. The third kappa shape index (κ3) is 1.87. The summed E-state index contributed by atoms with van der Waals surface area (Å²) in [6.45, 7) is 3.92. The third-order valence-corrected chi connectivity index (χ3v) is 6.78. The number of aromatic nitrogens is 1. The van der Waals surface area contributed by atoms with Crippen LogP contribution in [-0.2, 0) is 4.57 Å². The zero-order valence-corrected chi connectivity index (χ0v) is 11.1. The Kier molecular flexibility index (Phi) is 3.31. The molecule has 0 bridgehead atoms. The van der Waals surface area contributed by atoms with Gasteiger partial charge in [-0.3, -0.25) is 0 Å². The van der Waals surface area contributed by atoms with E-state index < -0.39 is 7.14 Å². The maximum absolute atomic E-state index is 12.6. The van der Waals surface area contributed by atoms with Gasteiger partial charge in [0.2, 0.25) is 0 Å². The van der Waals surface area contributed by atoms with E-state index >= 15 is 0 Å². The first-order chi connectivity index (χ1) is 7.71. The minimum absolute atomic E-state index is 0.668. The first-order valence-electron chi connectivity index (χ1n) is 5.27. The van der Waals surface area contributed by atoms with Crippen molar-refractivity contribution in [3.05, 3.63) is 23.9 Å². The maximum atomic E-state index is 12.6. The second-order valence-corrected chi connectivity index (χ2v) is 7.91. The van der Waals surface area contributed by atoms with Gasteiger partial charge in [-0.15, -0.1) is 11.3 Å². The normalized spacial score (nSPS) is 11.9. The fraction of sp³-hybridized carbons (Fsp3) is 0.364. The lowest BCUT2D eigenvalue weighted by Gasteiger charge is -2.12. The highest BCUT2D eigenvalue weighted by atomic mass is 32.1. The SMILES string of the molecule is CCP(=O)(CC)c1ccoc1-c1nccs1. The van der Waals surface area contributed by atoms with Gasteiger partial charge in [0.15, 0.2) is 10.8 Å². The quantitative estimate of drug-likeness (QED) is 0.786. The molecule has 2 rings (SSSR count). The summed E-state index contributed by atoms with van der Waals surface area (Å²) in [4.78, 5) is 4.21. The van der Waals surface area contributed by atoms with Crippen LogP contribution < -0.4 is 5.30 Å². The molecule has 2 aromatic heterocycles. The van der Waals surface area contributed by atoms with Crippen molar-refractivity contribution in [2.24, 2.45) is 0 Å². The Balaban J connectivity index is 2.52. The molecule has 0 amide bonds. The van der Waals surface area contributed by atoms with Crippen molar-refractivity contribution in [1.29, 1.82) is 0 Å². The van der Waals surface area contributed by atoms with Gasteiger partial charge in [-0.05, 0) is 6.07 Å². The molecule has 2 heterocycles. The first-order valence-corrected chi connectivity index (χ1v) is 8.23. The van der Waals surface area contributed by atoms with Crippen molar-refractivity contribution in [3.8, 4) is 10.8 Å². The van der Waals surface area contributed by atoms with Crippen LogP contribution in [0.4, 0.5) is 0 Å². The van der Waals surface area contributed by atoms with Gasteiger partial charge in [0.25, 0.3) is 0 Å². The molecule has 0 N–H and O–H groups in total. The van der Waals surface area contributed by atoms with Gasteiger partial charge in [-0.25, -0.2) is 4.98 Å². The Morgan fingerprint density at radius 2 is 2.19 bits per heavy atom. The molecule has 5 heteroatoms. The molecule has 0 aliphatic carbocycles. The van der Waals surface area contributed by atoms with E-state index in [0.29, 0.717) is 18.1 Å². The predicted octanol–water partition coefficient (Wildman–Crippen LogP) is 3.43. The van der Waals surface area contributed by atoms with Gasteiger partial charge in [-0.2, -0.15) is 0 Å². The molecule has 86 valence electrons. The number of furan rings is 1. The zero-order valence-electron chi connectivity index (χ0n) is 9.34. The smallest absolute Gasteiger partial charge is 0.173 e. The molecule has 16 heavy (non-hydrogen) atoms. The topological polar surface area (TPSA) is 43.1 Å². The molecule has 0 radical (unpaired) electrons. The van der Waals surface area contributed by atoms with Crippen LogP contribution >= 0.6 is 18.5 Å². The summed E-state index contributed by atoms with van der Waals surface area (Å²) in [7, 11) is -2.29. The minimum Gasteiger partial charge on any atom is -0.461 e. The highest BCUT2D eigenvalue weighted by Gasteiger charge is 2.27. The van der Waals surface area contributed by atoms with Crippen LogP contribution in [0.2, 0.25) is 0 Å². The molecule has 0 fully saturated rings. The molecule has 0 spiro atoms. The van der Waals surface area contributed by atoms with Crippen molar-refractivity contribution in [2.75, 3.05) is 12.3 Å². The second-order valence-electron chi connectivity index (χ2n) is 3.49. The summed E-state index contributed by atoms with van der Waals surface area (Å²) < 4.78 is 18.1. The summed E-state index contributed by atoms with van der Waals surface area (Å²) in [5.41, 5.74) is 0. The van der Waals surface area contributed by atoms with Crippen LogP contribution in [0.15, 0.2) is 28.3 Å². The van der Waals surface area contributed by atoms with Gasteiger partial charge in [0, 0.05) is 23.9 Å². The first kappa shape index (κ1) is 11.6. The van der Waals surface area contributed by atoms with Crippen LogP contribution in [0.3, 0.4) is 0 Å². The van der Waals surface area contributed by atoms with Crippen molar-refractivity contribution in [2.45, 2.75) is 13.8 Å². The Morgan fingerprint density at radius 1 is 1.44 bits per heavy atom. The van der Waals surface area contributed by atoms with E-state index in [9.17, 15) is 4.57 Å². The van der Waals surface area contributed by atoms with Gasteiger partial charge >= 0.3 is 0 Å². The van der Waals surface area contributed by atoms with Gasteiger partial charge in [-0.1, -0.05) is 13.8 Å². The van der Waals surface area contributed by atoms with Crippen molar-refractivity contribution in [3.63, 3.8) is 0 Å². The number of hydrogen-bond donors (Lipinski definition) is 0. The molecular weight excluding hydrogens is 241 g/mol. The maximum Gasteiger partial charge on any atom is 0.173 e. The molecule has 0 atom stereocenters. The number of rotatable bonds is 4. The Morgan fingerprint density at radius 3 is 2.75 bits per heavy atom. The van der Waals surface area contributed by atoms with Crippen molar-refractivity contribution >= 4 is 23.8 Å². The summed E-state index contributed by atoms with van der Waals surface area (Å²) in [5.74, 6) is 0.682. The molecule has 2 aromatic rings. The number of thiazole rings is 1. The molecule has 0 unspecified atom stereocenters. The molecule has 0 saturated heterocycles. The van der Waals surface area contributed by atoms with Crippen molar-refractivity contribution < 1.29 is 8.98 Å². The summed E-state index contributed by atoms with van der Waals surface area (Å²) in [6.07, 6.45) is 4.67. The molecule has 0 aliphatic rings. The summed E-state index contributed by atoms with van der Waals surface area (Å²) >= 11 is 1.51. The van der Waals surface area contributed by atoms with E-state index in [0.717, 1.165) is 10.3 Å². The third-order valence-electron chi connectivity index (χ3n) is 2.73. The Hall–Kier alpha value is -0.860. The zero-order chi connectivity index (χ0) is 11.6. The minimum atomic E-state index is -2.29. The van der Waals surface area contributed by atoms with Gasteiger partial charge in [0.1, 0.15) is 7.14 Å². The lowest BCUT2D eigenvalue weighted by atomic mass is 10.5. The molecule has 0 aliphatic heterocycles. The van der Waals surface area contributed by atoms with Crippen LogP contribution in [0, 0.1) is 0 Å². The lowest BCUT2D eigenvalue weighted by molar-refractivity contribution is 0.577. The number of hydrogen-bond acceptors (Lipinski definition) is 4. The van der Waals surface area contributed by atoms with Crippen LogP contribution in [0.1, 0.15) is 13.8 Å². The van der Waals surface area contributed by atoms with E-state index in [-0.39, 0.29) is 0 Å². The fourth-order valence-electron chi connectivity index (χ4n) is 1.68. The van der Waals surface area contributed by atoms with Crippen LogP contribution in [0.25, 0.3) is 10.8 Å². The average Bonchev–Trinajstić information content (AvgIpc) is 2.97. The summed E-state index contributed by atoms with van der Waals surface area (Å²) in [6, 6.07) is 1.82. The summed E-state index contributed by atoms with van der Waals surface area (Å²) in [5, 5.41) is 3.54. The van der Waals surface area contributed by atoms with Crippen LogP contribution in [-0.4, -0.2) is 17.3 Å². The Labute approximate surface area is 98.9 Å². The monoisotopic (exact) mass is 255 g/mol. The second kappa shape index (κ2) is 4.56.